The van der Waals surface area contributed by atoms with Gasteiger partial charge in [0.15, 0.2) is 0 Å². The first-order valence-corrected chi connectivity index (χ1v) is 15.6. The van der Waals surface area contributed by atoms with Gasteiger partial charge >= 0.3 is 5.97 Å². The van der Waals surface area contributed by atoms with Gasteiger partial charge in [-0.2, -0.15) is 0 Å². The molecule has 2 heterocycles. The number of aliphatic carboxylic acids is 1. The molecule has 2 N–H and O–H groups in total. The van der Waals surface area contributed by atoms with E-state index in [1.807, 2.05) is 80.8 Å². The summed E-state index contributed by atoms with van der Waals surface area (Å²) in [4.78, 5) is 45.2. The number of carbonyl (C=O) groups is 3. The lowest BCUT2D eigenvalue weighted by Crippen LogP contribution is -2.51. The van der Waals surface area contributed by atoms with Crippen molar-refractivity contribution in [1.29, 1.82) is 0 Å². The van der Waals surface area contributed by atoms with Crippen molar-refractivity contribution in [3.8, 4) is 22.8 Å². The number of benzene rings is 2. The molecule has 3 aromatic rings. The van der Waals surface area contributed by atoms with Crippen LogP contribution in [0.5, 0.6) is 11.5 Å². The van der Waals surface area contributed by atoms with Gasteiger partial charge < -0.3 is 19.9 Å². The highest BCUT2D eigenvalue weighted by Crippen LogP contribution is 2.47. The Balaban J connectivity index is 1.35. The number of carboxylic acid groups (broad SMARTS) is 1. The molecule has 6 rings (SSSR count). The van der Waals surface area contributed by atoms with E-state index in [-0.39, 0.29) is 18.2 Å². The van der Waals surface area contributed by atoms with Gasteiger partial charge in [-0.3, -0.25) is 14.6 Å². The highest BCUT2D eigenvalue weighted by molar-refractivity contribution is 5.94. The van der Waals surface area contributed by atoms with Crippen molar-refractivity contribution in [2.45, 2.75) is 50.2 Å². The van der Waals surface area contributed by atoms with Crippen molar-refractivity contribution in [1.82, 2.24) is 20.3 Å². The fraction of sp³-hybridized carbons (Fsp3) is 0.429. The number of hydrogen-bond acceptors (Lipinski definition) is 7. The number of rotatable bonds is 6. The van der Waals surface area contributed by atoms with Crippen LogP contribution in [0, 0.1) is 17.8 Å². The zero-order chi connectivity index (χ0) is 31.7. The molecule has 236 valence electrons. The quantitative estimate of drug-likeness (QED) is 0.385. The van der Waals surface area contributed by atoms with E-state index in [4.69, 9.17) is 14.5 Å². The topological polar surface area (TPSA) is 121 Å². The highest BCUT2D eigenvalue weighted by atomic mass is 16.5. The Kier molecular flexibility index (Phi) is 8.50. The van der Waals surface area contributed by atoms with E-state index in [9.17, 15) is 19.5 Å². The summed E-state index contributed by atoms with van der Waals surface area (Å²) in [6.07, 6.45) is 6.85. The van der Waals surface area contributed by atoms with Crippen LogP contribution in [-0.4, -0.2) is 77.3 Å². The lowest BCUT2D eigenvalue weighted by atomic mass is 9.93. The molecule has 0 bridgehead atoms. The van der Waals surface area contributed by atoms with Crippen molar-refractivity contribution in [2.75, 3.05) is 27.7 Å². The number of nitrogens with one attached hydrogen (secondary N) is 1. The molecule has 10 nitrogen and oxygen atoms in total. The molecule has 2 amide bonds. The van der Waals surface area contributed by atoms with Gasteiger partial charge in [-0.05, 0) is 50.7 Å². The molecule has 2 aliphatic carbocycles. The smallest absolute Gasteiger partial charge is 0.330 e. The van der Waals surface area contributed by atoms with Gasteiger partial charge in [-0.25, -0.2) is 14.8 Å². The summed E-state index contributed by atoms with van der Waals surface area (Å²) in [5.41, 5.74) is 1.02. The fourth-order valence-corrected chi connectivity index (χ4v) is 6.75. The Labute approximate surface area is 263 Å². The number of methoxy groups -OCH3 is 1. The summed E-state index contributed by atoms with van der Waals surface area (Å²) in [5.74, 6) is -2.01. The van der Waals surface area contributed by atoms with E-state index in [1.54, 1.807) is 17.1 Å². The monoisotopic (exact) mass is 612 g/mol. The average molecular weight is 613 g/mol. The summed E-state index contributed by atoms with van der Waals surface area (Å²) in [6, 6.07) is 17.3. The molecular weight excluding hydrogens is 572 g/mol. The van der Waals surface area contributed by atoms with Gasteiger partial charge in [-0.15, -0.1) is 0 Å². The second-order valence-corrected chi connectivity index (χ2v) is 12.5. The van der Waals surface area contributed by atoms with Crippen LogP contribution < -0.4 is 14.8 Å². The summed E-state index contributed by atoms with van der Waals surface area (Å²) in [7, 11) is 5.27. The third-order valence-electron chi connectivity index (χ3n) is 9.35. The highest BCUT2D eigenvalue weighted by Gasteiger charge is 2.61. The van der Waals surface area contributed by atoms with E-state index >= 15 is 0 Å². The predicted molar refractivity (Wildman–Crippen MR) is 169 cm³/mol. The predicted octanol–water partition coefficient (Wildman–Crippen LogP) is 4.69. The first kappa shape index (κ1) is 30.6. The minimum absolute atomic E-state index is 0.148. The molecule has 45 heavy (non-hydrogen) atoms. The summed E-state index contributed by atoms with van der Waals surface area (Å²) < 4.78 is 12.1. The van der Waals surface area contributed by atoms with Crippen molar-refractivity contribution in [3.05, 3.63) is 66.7 Å². The minimum Gasteiger partial charge on any atom is -0.497 e. The van der Waals surface area contributed by atoms with Crippen LogP contribution in [0.1, 0.15) is 38.5 Å². The first-order chi connectivity index (χ1) is 21.7. The Hall–Kier alpha value is -4.44. The third-order valence-corrected chi connectivity index (χ3v) is 9.35. The maximum absolute atomic E-state index is 14.1. The summed E-state index contributed by atoms with van der Waals surface area (Å²) in [5, 5.41) is 17.2. The molecule has 2 fully saturated rings. The molecule has 3 aliphatic rings. The first-order valence-electron chi connectivity index (χ1n) is 15.6. The van der Waals surface area contributed by atoms with Crippen LogP contribution in [0.4, 0.5) is 0 Å². The lowest BCUT2D eigenvalue weighted by Gasteiger charge is -2.33. The lowest BCUT2D eigenvalue weighted by molar-refractivity contribution is -0.153. The number of carbonyl (C=O) groups excluding carboxylic acids is 2. The molecular formula is C35H40N4O6. The molecule has 0 spiro atoms. The zero-order valence-corrected chi connectivity index (χ0v) is 25.9. The number of nitrogens with zero attached hydrogens (tertiary/aromatic N) is 3. The molecule has 1 aliphatic heterocycles. The maximum atomic E-state index is 14.1. The number of allylic oxidation sites excluding steroid dienone is 1. The summed E-state index contributed by atoms with van der Waals surface area (Å²) in [6.45, 7) is 0.537. The van der Waals surface area contributed by atoms with E-state index in [2.05, 4.69) is 5.32 Å². The number of carboxylic acids is 1. The Morgan fingerprint density at radius 1 is 1.07 bits per heavy atom. The van der Waals surface area contributed by atoms with E-state index in [0.29, 0.717) is 36.4 Å². The second-order valence-electron chi connectivity index (χ2n) is 12.5. The van der Waals surface area contributed by atoms with Gasteiger partial charge in [-0.1, -0.05) is 42.5 Å². The van der Waals surface area contributed by atoms with Crippen molar-refractivity contribution < 1.29 is 29.0 Å². The van der Waals surface area contributed by atoms with Gasteiger partial charge in [0.1, 0.15) is 23.1 Å². The van der Waals surface area contributed by atoms with Gasteiger partial charge in [0.2, 0.25) is 11.8 Å². The number of aromatic nitrogens is 1. The number of ether oxygens (including phenoxy) is 2. The van der Waals surface area contributed by atoms with Crippen LogP contribution >= 0.6 is 0 Å². The number of fused-ring (bicyclic) bond motifs is 3. The Morgan fingerprint density at radius 3 is 2.58 bits per heavy atom. The normalized spacial score (nSPS) is 27.0. The SMILES string of the molecule is COc1ccc2c(O[C@@H]3C[C@H]4C(=O)N[C@]5(C(=O)O)CC5C=CCCCCN(N(C)C)C(=O)[C@@H]4C3)cc(-c3ccccc3)nc2c1. The van der Waals surface area contributed by atoms with Crippen LogP contribution in [0.15, 0.2) is 66.7 Å². The van der Waals surface area contributed by atoms with E-state index in [1.165, 1.54) is 0 Å². The average Bonchev–Trinajstić information content (AvgIpc) is 3.57. The van der Waals surface area contributed by atoms with Gasteiger partial charge in [0.05, 0.1) is 30.2 Å². The largest absolute Gasteiger partial charge is 0.497 e. The number of hydrazine groups is 1. The van der Waals surface area contributed by atoms with Crippen molar-refractivity contribution >= 4 is 28.7 Å². The standard InChI is InChI=1S/C35H40N4O6/c1-38(2)39-16-10-5-4-9-13-23-21-35(23,34(42)43)37-32(40)27-17-25(18-28(27)33(39)41)45-31-20-29(22-11-7-6-8-12-22)36-30-19-24(44-3)14-15-26(30)31/h6-9,11-15,19-20,23,25,27-28H,4-5,10,16-18,21H2,1-3H3,(H,37,40)(H,42,43)/t23?,25-,27-,28-,35-/m1/s1. The van der Waals surface area contributed by atoms with E-state index in [0.717, 1.165) is 35.9 Å². The molecule has 5 atom stereocenters. The van der Waals surface area contributed by atoms with Crippen LogP contribution in [-0.2, 0) is 14.4 Å². The van der Waals surface area contributed by atoms with Crippen LogP contribution in [0.3, 0.4) is 0 Å². The van der Waals surface area contributed by atoms with Gasteiger partial charge in [0.25, 0.3) is 0 Å². The Morgan fingerprint density at radius 2 is 1.84 bits per heavy atom. The third kappa shape index (κ3) is 6.11. The molecule has 1 aromatic heterocycles. The van der Waals surface area contributed by atoms with Crippen molar-refractivity contribution in [3.63, 3.8) is 0 Å². The second kappa shape index (κ2) is 12.5. The van der Waals surface area contributed by atoms with E-state index < -0.39 is 35.4 Å². The number of pyridine rings is 1. The summed E-state index contributed by atoms with van der Waals surface area (Å²) >= 11 is 0. The van der Waals surface area contributed by atoms with Gasteiger partial charge in [0, 0.05) is 49.6 Å². The molecule has 2 aromatic carbocycles. The Bertz CT molecular complexity index is 1630. The number of hydrogen-bond donors (Lipinski definition) is 2. The number of amides is 2. The minimum atomic E-state index is -1.34. The maximum Gasteiger partial charge on any atom is 0.330 e. The molecule has 10 heteroatoms. The molecule has 2 saturated carbocycles. The molecule has 1 unspecified atom stereocenters. The molecule has 0 saturated heterocycles. The van der Waals surface area contributed by atoms with Crippen LogP contribution in [0.25, 0.3) is 22.2 Å². The zero-order valence-electron chi connectivity index (χ0n) is 25.9. The fourth-order valence-electron chi connectivity index (χ4n) is 6.75. The van der Waals surface area contributed by atoms with Crippen LogP contribution in [0.2, 0.25) is 0 Å². The molecule has 0 radical (unpaired) electrons. The van der Waals surface area contributed by atoms with Crippen molar-refractivity contribution in [2.24, 2.45) is 17.8 Å².